The van der Waals surface area contributed by atoms with E-state index in [0.29, 0.717) is 48.5 Å². The van der Waals surface area contributed by atoms with Crippen LogP contribution in [0.25, 0.3) is 0 Å². The van der Waals surface area contributed by atoms with Crippen LogP contribution in [0.1, 0.15) is 65.2 Å². The molecular formula is C28H42FN3O7. The number of nitrogens with one attached hydrogen (secondary N) is 1. The quantitative estimate of drug-likeness (QED) is 0.300. The summed E-state index contributed by atoms with van der Waals surface area (Å²) in [6.45, 7) is 6.25. The molecule has 218 valence electrons. The molecule has 1 heterocycles. The summed E-state index contributed by atoms with van der Waals surface area (Å²) in [4.78, 5) is 30.1. The lowest BCUT2D eigenvalue weighted by atomic mass is 9.44. The highest BCUT2D eigenvalue weighted by atomic mass is 19.1. The number of rotatable bonds is 5. The van der Waals surface area contributed by atoms with E-state index < -0.39 is 18.1 Å². The van der Waals surface area contributed by atoms with Crippen molar-refractivity contribution in [2.24, 2.45) is 44.8 Å². The number of hydrogen-bond acceptors (Lipinski definition) is 8. The normalized spacial score (nSPS) is 43.3. The predicted molar refractivity (Wildman–Crippen MR) is 142 cm³/mol. The molecule has 0 aromatic heterocycles. The number of halogens is 1. The molecule has 0 bridgehead atoms. The van der Waals surface area contributed by atoms with E-state index >= 15 is 4.39 Å². The van der Waals surface area contributed by atoms with Crippen LogP contribution in [0.5, 0.6) is 0 Å². The summed E-state index contributed by atoms with van der Waals surface area (Å²) in [6.07, 6.45) is 6.77. The monoisotopic (exact) mass is 551 g/mol. The lowest BCUT2D eigenvalue weighted by molar-refractivity contribution is -0.134. The standard InChI is InChI=1S/C24H38FN3O3.C4H4O4/c1-23-8-6-17-15(16(23)4-5-22(23)29)10-20(27-30-3)18-11-21(19(25)12-24(17,18)2)28-31-14-7-9-26-13-14;5-3(6)1-2-4(7)8/h14-19,22,26,29H,4-13H2,1-3H3;1-2H,(H,5,6)(H,7,8)/b27-20+,28-21?;2-1+/t14-,15+,16+,17+,18?,19-,22+,23+,24-;/m1./s1. The molecule has 5 aliphatic rings. The van der Waals surface area contributed by atoms with Crippen LogP contribution in [0.4, 0.5) is 4.39 Å². The van der Waals surface area contributed by atoms with Gasteiger partial charge in [-0.05, 0) is 73.7 Å². The molecule has 5 rings (SSSR count). The largest absolute Gasteiger partial charge is 0.478 e. The van der Waals surface area contributed by atoms with Crippen LogP contribution in [0.2, 0.25) is 0 Å². The van der Waals surface area contributed by atoms with E-state index in [-0.39, 0.29) is 29.0 Å². The minimum Gasteiger partial charge on any atom is -0.478 e. The van der Waals surface area contributed by atoms with Crippen molar-refractivity contribution in [2.75, 3.05) is 20.2 Å². The second-order valence-electron chi connectivity index (χ2n) is 12.2. The van der Waals surface area contributed by atoms with Gasteiger partial charge in [-0.3, -0.25) is 0 Å². The van der Waals surface area contributed by atoms with Crippen LogP contribution < -0.4 is 5.32 Å². The molecule has 4 saturated carbocycles. The minimum atomic E-state index is -1.26. The van der Waals surface area contributed by atoms with Crippen LogP contribution in [-0.2, 0) is 19.3 Å². The minimum absolute atomic E-state index is 0.0118. The van der Waals surface area contributed by atoms with Crippen LogP contribution >= 0.6 is 0 Å². The fourth-order valence-electron chi connectivity index (χ4n) is 8.19. The zero-order chi connectivity index (χ0) is 28.4. The van der Waals surface area contributed by atoms with Gasteiger partial charge in [0.1, 0.15) is 19.4 Å². The van der Waals surface area contributed by atoms with Gasteiger partial charge >= 0.3 is 11.9 Å². The highest BCUT2D eigenvalue weighted by Crippen LogP contribution is 2.65. The number of aliphatic hydroxyl groups is 1. The third kappa shape index (κ3) is 5.99. The number of fused-ring (bicyclic) bond motifs is 5. The summed E-state index contributed by atoms with van der Waals surface area (Å²) in [6, 6.07) is 0. The van der Waals surface area contributed by atoms with Crippen LogP contribution in [0.3, 0.4) is 0 Å². The van der Waals surface area contributed by atoms with E-state index in [9.17, 15) is 14.7 Å². The maximum atomic E-state index is 15.5. The smallest absolute Gasteiger partial charge is 0.328 e. The summed E-state index contributed by atoms with van der Waals surface area (Å²) >= 11 is 0. The Morgan fingerprint density at radius 2 is 1.69 bits per heavy atom. The zero-order valence-corrected chi connectivity index (χ0v) is 23.0. The number of carbonyl (C=O) groups is 2. The number of alkyl halides is 1. The van der Waals surface area contributed by atoms with Gasteiger partial charge in [-0.15, -0.1) is 0 Å². The molecule has 0 spiro atoms. The van der Waals surface area contributed by atoms with Crippen LogP contribution in [-0.4, -0.2) is 77.3 Å². The summed E-state index contributed by atoms with van der Waals surface area (Å²) in [5.74, 6) is -0.998. The van der Waals surface area contributed by atoms with Crippen molar-refractivity contribution < 1.29 is 39.0 Å². The summed E-state index contributed by atoms with van der Waals surface area (Å²) in [5, 5.41) is 38.4. The Bertz CT molecular complexity index is 997. The predicted octanol–water partition coefficient (Wildman–Crippen LogP) is 3.40. The fourth-order valence-corrected chi connectivity index (χ4v) is 8.19. The molecule has 0 aromatic carbocycles. The van der Waals surface area contributed by atoms with Crippen molar-refractivity contribution in [1.82, 2.24) is 5.32 Å². The molecule has 39 heavy (non-hydrogen) atoms. The Morgan fingerprint density at radius 3 is 2.31 bits per heavy atom. The molecule has 1 unspecified atom stereocenters. The molecule has 0 aromatic rings. The van der Waals surface area contributed by atoms with Crippen LogP contribution in [0, 0.1) is 34.5 Å². The Kier molecular flexibility index (Phi) is 9.00. The van der Waals surface area contributed by atoms with E-state index in [2.05, 4.69) is 29.5 Å². The van der Waals surface area contributed by atoms with Gasteiger partial charge in [0.25, 0.3) is 0 Å². The maximum Gasteiger partial charge on any atom is 0.328 e. The molecule has 11 heteroatoms. The van der Waals surface area contributed by atoms with Gasteiger partial charge in [0.15, 0.2) is 0 Å². The number of carboxylic acids is 2. The molecular weight excluding hydrogens is 509 g/mol. The Morgan fingerprint density at radius 1 is 1.00 bits per heavy atom. The van der Waals surface area contributed by atoms with Crippen molar-refractivity contribution in [1.29, 1.82) is 0 Å². The van der Waals surface area contributed by atoms with Crippen molar-refractivity contribution in [3.8, 4) is 0 Å². The SMILES string of the molecule is CO/N=C1\C[C@H]2[C@@H]3CC[C@H](O)[C@@]3(C)CC[C@@H]2[C@@]2(C)C[C@@H](F)C(=NO[C@@H]3CCNC3)CC12.O=C(O)/C=C/C(=O)O. The molecule has 0 radical (unpaired) electrons. The summed E-state index contributed by atoms with van der Waals surface area (Å²) < 4.78 is 15.5. The van der Waals surface area contributed by atoms with E-state index in [0.717, 1.165) is 57.3 Å². The highest BCUT2D eigenvalue weighted by molar-refractivity contribution is 5.97. The number of nitrogens with zero attached hydrogens (tertiary/aromatic N) is 2. The van der Waals surface area contributed by atoms with Crippen molar-refractivity contribution in [3.05, 3.63) is 12.2 Å². The van der Waals surface area contributed by atoms with Crippen molar-refractivity contribution in [3.63, 3.8) is 0 Å². The van der Waals surface area contributed by atoms with Crippen molar-refractivity contribution in [2.45, 2.75) is 83.6 Å². The van der Waals surface area contributed by atoms with Crippen LogP contribution in [0.15, 0.2) is 22.5 Å². The maximum absolute atomic E-state index is 15.5. The molecule has 1 saturated heterocycles. The number of aliphatic carboxylic acids is 2. The molecule has 1 aliphatic heterocycles. The highest BCUT2D eigenvalue weighted by Gasteiger charge is 2.62. The summed E-state index contributed by atoms with van der Waals surface area (Å²) in [5.41, 5.74) is 1.41. The third-order valence-electron chi connectivity index (χ3n) is 10.2. The van der Waals surface area contributed by atoms with Gasteiger partial charge in [0.2, 0.25) is 0 Å². The van der Waals surface area contributed by atoms with E-state index in [4.69, 9.17) is 19.9 Å². The van der Waals surface area contributed by atoms with Gasteiger partial charge < -0.3 is 30.3 Å². The second kappa shape index (κ2) is 11.9. The van der Waals surface area contributed by atoms with E-state index in [1.165, 1.54) is 0 Å². The molecule has 10 nitrogen and oxygen atoms in total. The van der Waals surface area contributed by atoms with Gasteiger partial charge in [0, 0.05) is 37.5 Å². The molecule has 0 amide bonds. The average Bonchev–Trinajstić information content (AvgIpc) is 3.50. The molecule has 4 aliphatic carbocycles. The first-order valence-electron chi connectivity index (χ1n) is 14.0. The average molecular weight is 552 g/mol. The first-order valence-corrected chi connectivity index (χ1v) is 14.0. The molecule has 9 atom stereocenters. The zero-order valence-electron chi connectivity index (χ0n) is 23.0. The van der Waals surface area contributed by atoms with E-state index in [1.807, 2.05) is 0 Å². The number of carboxylic acid groups (broad SMARTS) is 2. The summed E-state index contributed by atoms with van der Waals surface area (Å²) in [7, 11) is 1.60. The lowest BCUT2D eigenvalue weighted by Crippen LogP contribution is -2.58. The first-order chi connectivity index (χ1) is 18.5. The van der Waals surface area contributed by atoms with Gasteiger partial charge in [-0.1, -0.05) is 24.2 Å². The molecule has 5 fully saturated rings. The fraction of sp³-hybridized carbons (Fsp3) is 0.786. The van der Waals surface area contributed by atoms with Gasteiger partial charge in [0.05, 0.1) is 17.5 Å². The lowest BCUT2D eigenvalue weighted by Gasteiger charge is -2.60. The molecule has 4 N–H and O–H groups in total. The van der Waals surface area contributed by atoms with E-state index in [1.54, 1.807) is 7.11 Å². The van der Waals surface area contributed by atoms with Gasteiger partial charge in [-0.2, -0.15) is 0 Å². The number of hydrogen-bond donors (Lipinski definition) is 4. The topological polar surface area (TPSA) is 150 Å². The van der Waals surface area contributed by atoms with Crippen molar-refractivity contribution >= 4 is 23.4 Å². The number of oxime groups is 2. The Balaban J connectivity index is 0.000000386. The Labute approximate surface area is 228 Å². The Hall–Kier alpha value is -2.53. The second-order valence-corrected chi connectivity index (χ2v) is 12.2. The first kappa shape index (κ1) is 29.5. The van der Waals surface area contributed by atoms with Gasteiger partial charge in [-0.25, -0.2) is 14.0 Å². The number of aliphatic hydroxyl groups excluding tert-OH is 1. The third-order valence-corrected chi connectivity index (χ3v) is 10.2.